The van der Waals surface area contributed by atoms with Crippen molar-refractivity contribution in [3.8, 4) is 0 Å². The average molecular weight is 198 g/mol. The summed E-state index contributed by atoms with van der Waals surface area (Å²) in [6.45, 7) is 13.2. The van der Waals surface area contributed by atoms with Gasteiger partial charge in [0.15, 0.2) is 0 Å². The molecule has 0 saturated heterocycles. The molecular formula is C13H26O. The third-order valence-electron chi connectivity index (χ3n) is 3.97. The molecule has 1 aliphatic rings. The summed E-state index contributed by atoms with van der Waals surface area (Å²) >= 11 is 0. The number of hydrogen-bond acceptors (Lipinski definition) is 1. The lowest BCUT2D eigenvalue weighted by molar-refractivity contribution is -0.116. The Morgan fingerprint density at radius 2 is 1.57 bits per heavy atom. The molecule has 0 heterocycles. The summed E-state index contributed by atoms with van der Waals surface area (Å²) in [5.74, 6) is 0.440. The van der Waals surface area contributed by atoms with Crippen molar-refractivity contribution < 1.29 is 5.11 Å². The van der Waals surface area contributed by atoms with Crippen molar-refractivity contribution in [1.29, 1.82) is 0 Å². The van der Waals surface area contributed by atoms with Gasteiger partial charge in [-0.15, -0.1) is 0 Å². The smallest absolute Gasteiger partial charge is 0.0728 e. The first kappa shape index (κ1) is 12.0. The maximum Gasteiger partial charge on any atom is 0.0728 e. The fraction of sp³-hybridized carbons (Fsp3) is 1.00. The summed E-state index contributed by atoms with van der Waals surface area (Å²) in [5, 5.41) is 10.8. The quantitative estimate of drug-likeness (QED) is 0.630. The van der Waals surface area contributed by atoms with Crippen LogP contribution in [0.1, 0.15) is 60.8 Å². The van der Waals surface area contributed by atoms with Crippen LogP contribution in [0.5, 0.6) is 0 Å². The molecule has 14 heavy (non-hydrogen) atoms. The van der Waals surface area contributed by atoms with Gasteiger partial charge in [0, 0.05) is 0 Å². The summed E-state index contributed by atoms with van der Waals surface area (Å²) in [4.78, 5) is 0. The molecule has 0 aromatic carbocycles. The van der Waals surface area contributed by atoms with Gasteiger partial charge in [-0.25, -0.2) is 0 Å². The first-order valence-electron chi connectivity index (χ1n) is 5.81. The average Bonchev–Trinajstić information content (AvgIpc) is 2.28. The fourth-order valence-electron chi connectivity index (χ4n) is 3.04. The number of rotatable bonds is 0. The Morgan fingerprint density at radius 1 is 1.07 bits per heavy atom. The van der Waals surface area contributed by atoms with Crippen molar-refractivity contribution in [2.75, 3.05) is 0 Å². The van der Waals surface area contributed by atoms with Crippen LogP contribution >= 0.6 is 0 Å². The Hall–Kier alpha value is -0.0400. The van der Waals surface area contributed by atoms with Crippen molar-refractivity contribution in [3.63, 3.8) is 0 Å². The van der Waals surface area contributed by atoms with E-state index < -0.39 is 5.60 Å². The maximum atomic E-state index is 10.8. The van der Waals surface area contributed by atoms with E-state index in [1.54, 1.807) is 0 Å². The second-order valence-corrected chi connectivity index (χ2v) is 6.99. The maximum absolute atomic E-state index is 10.8. The van der Waals surface area contributed by atoms with Crippen LogP contribution in [-0.2, 0) is 0 Å². The molecule has 0 spiro atoms. The van der Waals surface area contributed by atoms with E-state index in [9.17, 15) is 5.11 Å². The van der Waals surface area contributed by atoms with Crippen molar-refractivity contribution in [2.24, 2.45) is 16.7 Å². The second kappa shape index (κ2) is 3.23. The molecule has 0 aromatic rings. The molecule has 0 amide bonds. The molecule has 84 valence electrons. The van der Waals surface area contributed by atoms with Crippen LogP contribution in [0.25, 0.3) is 0 Å². The molecule has 1 saturated carbocycles. The Kier molecular flexibility index (Phi) is 2.78. The molecule has 1 heteroatoms. The van der Waals surface area contributed by atoms with E-state index in [1.165, 1.54) is 12.8 Å². The summed E-state index contributed by atoms with van der Waals surface area (Å²) in [7, 11) is 0. The van der Waals surface area contributed by atoms with Crippen LogP contribution in [-0.4, -0.2) is 10.7 Å². The van der Waals surface area contributed by atoms with Crippen molar-refractivity contribution >= 4 is 0 Å². The molecule has 1 N–H and O–H groups in total. The lowest BCUT2D eigenvalue weighted by Gasteiger charge is -2.47. The standard InChI is InChI=1S/C13H26O/c1-11(2,3)10-8-7-9-13(10,14)12(4,5)6/h10,14H,7-9H2,1-6H3. The van der Waals surface area contributed by atoms with Gasteiger partial charge in [-0.1, -0.05) is 48.0 Å². The SMILES string of the molecule is CC(C)(C)C1CCCC1(O)C(C)(C)C. The van der Waals surface area contributed by atoms with Gasteiger partial charge in [-0.3, -0.25) is 0 Å². The van der Waals surface area contributed by atoms with E-state index in [0.717, 1.165) is 6.42 Å². The third kappa shape index (κ3) is 1.84. The normalized spacial score (nSPS) is 34.9. The van der Waals surface area contributed by atoms with E-state index >= 15 is 0 Å². The van der Waals surface area contributed by atoms with E-state index in [4.69, 9.17) is 0 Å². The van der Waals surface area contributed by atoms with Crippen molar-refractivity contribution in [1.82, 2.24) is 0 Å². The minimum absolute atomic E-state index is 0.00144. The molecule has 0 aromatic heterocycles. The second-order valence-electron chi connectivity index (χ2n) is 6.99. The Labute approximate surface area is 88.9 Å². The first-order chi connectivity index (χ1) is 6.09. The highest BCUT2D eigenvalue weighted by Crippen LogP contribution is 2.53. The minimum Gasteiger partial charge on any atom is -0.389 e. The van der Waals surface area contributed by atoms with Gasteiger partial charge in [0.25, 0.3) is 0 Å². The fourth-order valence-corrected chi connectivity index (χ4v) is 3.04. The van der Waals surface area contributed by atoms with Gasteiger partial charge in [0.1, 0.15) is 0 Å². The zero-order chi connectivity index (χ0) is 11.2. The highest BCUT2D eigenvalue weighted by molar-refractivity contribution is 5.03. The largest absolute Gasteiger partial charge is 0.389 e. The molecule has 0 radical (unpaired) electrons. The van der Waals surface area contributed by atoms with E-state index in [2.05, 4.69) is 41.5 Å². The predicted molar refractivity (Wildman–Crippen MR) is 61.2 cm³/mol. The summed E-state index contributed by atoms with van der Waals surface area (Å²) in [6.07, 6.45) is 3.32. The lowest BCUT2D eigenvalue weighted by Crippen LogP contribution is -2.50. The molecule has 1 aliphatic carbocycles. The van der Waals surface area contributed by atoms with E-state index in [1.807, 2.05) is 0 Å². The zero-order valence-corrected chi connectivity index (χ0v) is 10.6. The molecular weight excluding hydrogens is 172 g/mol. The minimum atomic E-state index is -0.467. The van der Waals surface area contributed by atoms with Crippen LogP contribution in [0.3, 0.4) is 0 Å². The Morgan fingerprint density at radius 3 is 1.86 bits per heavy atom. The van der Waals surface area contributed by atoms with E-state index in [0.29, 0.717) is 5.92 Å². The molecule has 0 aliphatic heterocycles. The van der Waals surface area contributed by atoms with Crippen molar-refractivity contribution in [3.05, 3.63) is 0 Å². The predicted octanol–water partition coefficient (Wildman–Crippen LogP) is 3.61. The topological polar surface area (TPSA) is 20.2 Å². The molecule has 2 unspecified atom stereocenters. The number of hydrogen-bond donors (Lipinski definition) is 1. The van der Waals surface area contributed by atoms with Crippen LogP contribution in [0.4, 0.5) is 0 Å². The lowest BCUT2D eigenvalue weighted by atomic mass is 9.63. The van der Waals surface area contributed by atoms with Crippen molar-refractivity contribution in [2.45, 2.75) is 66.4 Å². The monoisotopic (exact) mass is 198 g/mol. The highest BCUT2D eigenvalue weighted by atomic mass is 16.3. The zero-order valence-electron chi connectivity index (χ0n) is 10.6. The van der Waals surface area contributed by atoms with Gasteiger partial charge >= 0.3 is 0 Å². The summed E-state index contributed by atoms with van der Waals surface area (Å²) < 4.78 is 0. The van der Waals surface area contributed by atoms with Gasteiger partial charge in [0.2, 0.25) is 0 Å². The van der Waals surface area contributed by atoms with Gasteiger partial charge in [0.05, 0.1) is 5.60 Å². The van der Waals surface area contributed by atoms with Gasteiger partial charge < -0.3 is 5.11 Å². The Balaban J connectivity index is 2.99. The molecule has 1 rings (SSSR count). The van der Waals surface area contributed by atoms with Crippen LogP contribution < -0.4 is 0 Å². The van der Waals surface area contributed by atoms with Crippen LogP contribution in [0.2, 0.25) is 0 Å². The summed E-state index contributed by atoms with van der Waals surface area (Å²) in [5.41, 5.74) is -0.245. The first-order valence-corrected chi connectivity index (χ1v) is 5.81. The molecule has 2 atom stereocenters. The van der Waals surface area contributed by atoms with E-state index in [-0.39, 0.29) is 10.8 Å². The van der Waals surface area contributed by atoms with Crippen LogP contribution in [0.15, 0.2) is 0 Å². The highest BCUT2D eigenvalue weighted by Gasteiger charge is 2.53. The molecule has 1 fully saturated rings. The number of aliphatic hydroxyl groups is 1. The van der Waals surface area contributed by atoms with Gasteiger partial charge in [-0.2, -0.15) is 0 Å². The molecule has 0 bridgehead atoms. The third-order valence-corrected chi connectivity index (χ3v) is 3.97. The van der Waals surface area contributed by atoms with Crippen LogP contribution in [0, 0.1) is 16.7 Å². The van der Waals surface area contributed by atoms with Gasteiger partial charge in [-0.05, 0) is 29.6 Å². The Bertz CT molecular complexity index is 206. The molecule has 1 nitrogen and oxygen atoms in total. The summed E-state index contributed by atoms with van der Waals surface area (Å²) in [6, 6.07) is 0.